The van der Waals surface area contributed by atoms with Gasteiger partial charge >= 0.3 is 0 Å². The van der Waals surface area contributed by atoms with Crippen LogP contribution >= 0.6 is 11.6 Å². The van der Waals surface area contributed by atoms with Crippen LogP contribution in [-0.4, -0.2) is 50.5 Å². The molecule has 22 heavy (non-hydrogen) atoms. The molecule has 0 bridgehead atoms. The fourth-order valence-corrected chi connectivity index (χ4v) is 2.08. The van der Waals surface area contributed by atoms with Crippen molar-refractivity contribution in [3.8, 4) is 0 Å². The minimum atomic E-state index is 0.0793. The molecule has 0 aliphatic heterocycles. The Labute approximate surface area is 137 Å². The molecule has 0 fully saturated rings. The van der Waals surface area contributed by atoms with Crippen LogP contribution in [0.25, 0.3) is 0 Å². The van der Waals surface area contributed by atoms with E-state index in [0.717, 1.165) is 36.1 Å². The van der Waals surface area contributed by atoms with E-state index in [4.69, 9.17) is 11.6 Å². The molecule has 0 radical (unpaired) electrons. The number of nitrogens with one attached hydrogen (secondary N) is 2. The van der Waals surface area contributed by atoms with Crippen LogP contribution in [0.3, 0.4) is 0 Å². The fraction of sp³-hybridized carbons (Fsp3) is 0.500. The molecule has 0 saturated carbocycles. The average molecular weight is 325 g/mol. The minimum absolute atomic E-state index is 0.0793. The minimum Gasteiger partial charge on any atom is -0.357 e. The van der Waals surface area contributed by atoms with E-state index in [1.807, 2.05) is 31.2 Å². The quantitative estimate of drug-likeness (QED) is 0.595. The summed E-state index contributed by atoms with van der Waals surface area (Å²) in [6.45, 7) is 3.99. The van der Waals surface area contributed by atoms with Crippen LogP contribution in [0.5, 0.6) is 0 Å². The predicted octanol–water partition coefficient (Wildman–Crippen LogP) is 1.92. The van der Waals surface area contributed by atoms with Crippen molar-refractivity contribution in [3.05, 3.63) is 34.9 Å². The van der Waals surface area contributed by atoms with Crippen molar-refractivity contribution in [2.24, 2.45) is 4.99 Å². The van der Waals surface area contributed by atoms with Gasteiger partial charge in [-0.2, -0.15) is 0 Å². The third-order valence-corrected chi connectivity index (χ3v) is 3.45. The van der Waals surface area contributed by atoms with Crippen LogP contribution in [-0.2, 0) is 11.2 Å². The number of guanidine groups is 1. The van der Waals surface area contributed by atoms with Crippen LogP contribution in [0.4, 0.5) is 0 Å². The van der Waals surface area contributed by atoms with Crippen molar-refractivity contribution in [2.45, 2.75) is 19.8 Å². The number of hydrogen-bond acceptors (Lipinski definition) is 2. The summed E-state index contributed by atoms with van der Waals surface area (Å²) in [6.07, 6.45) is 1.23. The Morgan fingerprint density at radius 3 is 2.64 bits per heavy atom. The van der Waals surface area contributed by atoms with E-state index < -0.39 is 0 Å². The van der Waals surface area contributed by atoms with Crippen molar-refractivity contribution in [1.82, 2.24) is 15.5 Å². The second-order valence-electron chi connectivity index (χ2n) is 5.07. The molecule has 0 aromatic heterocycles. The Morgan fingerprint density at radius 2 is 2.00 bits per heavy atom. The first-order valence-corrected chi connectivity index (χ1v) is 7.88. The van der Waals surface area contributed by atoms with Gasteiger partial charge in [-0.1, -0.05) is 29.8 Å². The van der Waals surface area contributed by atoms with Crippen molar-refractivity contribution < 1.29 is 4.79 Å². The molecule has 1 rings (SSSR count). The normalized spacial score (nSPS) is 11.2. The monoisotopic (exact) mass is 324 g/mol. The molecule has 0 aliphatic carbocycles. The summed E-state index contributed by atoms with van der Waals surface area (Å²) in [6, 6.07) is 7.81. The lowest BCUT2D eigenvalue weighted by Gasteiger charge is -2.12. The zero-order valence-corrected chi connectivity index (χ0v) is 14.3. The van der Waals surface area contributed by atoms with Gasteiger partial charge in [0.1, 0.15) is 0 Å². The van der Waals surface area contributed by atoms with Crippen molar-refractivity contribution in [1.29, 1.82) is 0 Å². The topological polar surface area (TPSA) is 56.7 Å². The molecule has 0 aliphatic rings. The number of aliphatic imine (C=N–C) groups is 1. The maximum absolute atomic E-state index is 11.5. The first-order valence-electron chi connectivity index (χ1n) is 7.50. The van der Waals surface area contributed by atoms with Gasteiger partial charge < -0.3 is 15.5 Å². The van der Waals surface area contributed by atoms with Gasteiger partial charge in [0.15, 0.2) is 5.96 Å². The Kier molecular flexibility index (Phi) is 8.36. The van der Waals surface area contributed by atoms with Gasteiger partial charge in [0.25, 0.3) is 0 Å². The molecule has 6 heteroatoms. The van der Waals surface area contributed by atoms with Crippen LogP contribution in [0.2, 0.25) is 5.02 Å². The van der Waals surface area contributed by atoms with E-state index in [0.29, 0.717) is 13.0 Å². The highest BCUT2D eigenvalue weighted by molar-refractivity contribution is 6.31. The largest absolute Gasteiger partial charge is 0.357 e. The molecule has 0 unspecified atom stereocenters. The third kappa shape index (κ3) is 6.80. The summed E-state index contributed by atoms with van der Waals surface area (Å²) < 4.78 is 0. The zero-order valence-electron chi connectivity index (χ0n) is 13.5. The maximum Gasteiger partial charge on any atom is 0.223 e. The highest BCUT2D eigenvalue weighted by atomic mass is 35.5. The summed E-state index contributed by atoms with van der Waals surface area (Å²) in [4.78, 5) is 17.5. The fourth-order valence-electron chi connectivity index (χ4n) is 1.85. The number of hydrogen-bond donors (Lipinski definition) is 2. The Bertz CT molecular complexity index is 503. The molecule has 0 atom stereocenters. The summed E-state index contributed by atoms with van der Waals surface area (Å²) >= 11 is 6.13. The molecule has 0 spiro atoms. The highest BCUT2D eigenvalue weighted by Gasteiger charge is 2.04. The van der Waals surface area contributed by atoms with Gasteiger partial charge in [-0.25, -0.2) is 0 Å². The number of nitrogens with zero attached hydrogens (tertiary/aromatic N) is 2. The van der Waals surface area contributed by atoms with Gasteiger partial charge in [-0.15, -0.1) is 0 Å². The predicted molar refractivity (Wildman–Crippen MR) is 92.4 cm³/mol. The summed E-state index contributed by atoms with van der Waals surface area (Å²) in [7, 11) is 3.50. The summed E-state index contributed by atoms with van der Waals surface area (Å²) in [5.41, 5.74) is 1.11. The molecule has 0 heterocycles. The Balaban J connectivity index is 2.43. The number of rotatable bonds is 7. The number of halogens is 1. The summed E-state index contributed by atoms with van der Waals surface area (Å²) in [5.74, 6) is 0.803. The van der Waals surface area contributed by atoms with E-state index in [2.05, 4.69) is 15.6 Å². The van der Waals surface area contributed by atoms with Crippen LogP contribution in [0, 0.1) is 0 Å². The van der Waals surface area contributed by atoms with E-state index in [1.54, 1.807) is 19.0 Å². The number of carbonyl (C=O) groups is 1. The smallest absolute Gasteiger partial charge is 0.223 e. The van der Waals surface area contributed by atoms with Crippen molar-refractivity contribution >= 4 is 23.5 Å². The standard InChI is InChI=1S/C16H25ClN4O/c1-4-18-16(20-12-10-15(22)21(2)3)19-11-9-13-7-5-6-8-14(13)17/h5-8H,4,9-12H2,1-3H3,(H2,18,19,20). The number of benzene rings is 1. The Morgan fingerprint density at radius 1 is 1.27 bits per heavy atom. The van der Waals surface area contributed by atoms with Crippen molar-refractivity contribution in [2.75, 3.05) is 33.7 Å². The zero-order chi connectivity index (χ0) is 16.4. The highest BCUT2D eigenvalue weighted by Crippen LogP contribution is 2.14. The SMILES string of the molecule is CCNC(=NCCC(=O)N(C)C)NCCc1ccccc1Cl. The lowest BCUT2D eigenvalue weighted by Crippen LogP contribution is -2.38. The van der Waals surface area contributed by atoms with E-state index in [-0.39, 0.29) is 5.91 Å². The molecular formula is C16H25ClN4O. The maximum atomic E-state index is 11.5. The first-order chi connectivity index (χ1) is 10.5. The van der Waals surface area contributed by atoms with Crippen molar-refractivity contribution in [3.63, 3.8) is 0 Å². The molecule has 122 valence electrons. The van der Waals surface area contributed by atoms with E-state index >= 15 is 0 Å². The van der Waals surface area contributed by atoms with Gasteiger partial charge in [0.2, 0.25) is 5.91 Å². The third-order valence-electron chi connectivity index (χ3n) is 3.08. The molecule has 2 N–H and O–H groups in total. The van der Waals surface area contributed by atoms with Gasteiger partial charge in [0, 0.05) is 38.6 Å². The van der Waals surface area contributed by atoms with Crippen LogP contribution < -0.4 is 10.6 Å². The first kappa shape index (κ1) is 18.3. The number of carbonyl (C=O) groups excluding carboxylic acids is 1. The second-order valence-corrected chi connectivity index (χ2v) is 5.47. The van der Waals surface area contributed by atoms with Gasteiger partial charge in [0.05, 0.1) is 6.54 Å². The van der Waals surface area contributed by atoms with E-state index in [1.165, 1.54) is 0 Å². The molecule has 5 nitrogen and oxygen atoms in total. The molecular weight excluding hydrogens is 300 g/mol. The lowest BCUT2D eigenvalue weighted by atomic mass is 10.1. The second kappa shape index (κ2) is 10.1. The van der Waals surface area contributed by atoms with E-state index in [9.17, 15) is 4.79 Å². The molecule has 1 aromatic rings. The van der Waals surface area contributed by atoms with Crippen LogP contribution in [0.15, 0.2) is 29.3 Å². The van der Waals surface area contributed by atoms with Gasteiger partial charge in [-0.3, -0.25) is 9.79 Å². The van der Waals surface area contributed by atoms with Gasteiger partial charge in [-0.05, 0) is 25.0 Å². The van der Waals surface area contributed by atoms with Crippen LogP contribution in [0.1, 0.15) is 18.9 Å². The lowest BCUT2D eigenvalue weighted by molar-refractivity contribution is -0.128. The molecule has 1 amide bonds. The molecule has 0 saturated heterocycles. The molecule has 1 aromatic carbocycles. The Hall–Kier alpha value is -1.75. The summed E-state index contributed by atoms with van der Waals surface area (Å²) in [5, 5.41) is 7.20. The number of amides is 1. The average Bonchev–Trinajstić information content (AvgIpc) is 2.49.